The summed E-state index contributed by atoms with van der Waals surface area (Å²) in [7, 11) is 1.60. The first kappa shape index (κ1) is 20.4. The number of rotatable bonds is 7. The van der Waals surface area contributed by atoms with Gasteiger partial charge in [-0.3, -0.25) is 4.79 Å². The van der Waals surface area contributed by atoms with Crippen molar-refractivity contribution < 1.29 is 19.1 Å². The lowest BCUT2D eigenvalue weighted by Gasteiger charge is -2.04. The summed E-state index contributed by atoms with van der Waals surface area (Å²) in [5.74, 6) is -0.0362. The molecule has 6 heteroatoms. The molecule has 29 heavy (non-hydrogen) atoms. The molecule has 0 atom stereocenters. The predicted octanol–water partition coefficient (Wildman–Crippen LogP) is 5.25. The zero-order valence-electron chi connectivity index (χ0n) is 16.2. The van der Waals surface area contributed by atoms with Crippen LogP contribution in [-0.2, 0) is 9.53 Å². The molecule has 1 N–H and O–H groups in total. The van der Waals surface area contributed by atoms with Gasteiger partial charge in [0.2, 0.25) is 5.91 Å². The lowest BCUT2D eigenvalue weighted by Crippen LogP contribution is -2.11. The van der Waals surface area contributed by atoms with Gasteiger partial charge in [-0.15, -0.1) is 11.3 Å². The number of amides is 1. The number of thiophene rings is 1. The molecule has 0 bridgehead atoms. The third-order valence-corrected chi connectivity index (χ3v) is 5.16. The molecule has 0 fully saturated rings. The van der Waals surface area contributed by atoms with Crippen LogP contribution in [0.4, 0.5) is 5.00 Å². The van der Waals surface area contributed by atoms with Gasteiger partial charge in [0.15, 0.2) is 0 Å². The minimum atomic E-state index is -0.458. The van der Waals surface area contributed by atoms with E-state index in [1.54, 1.807) is 26.2 Å². The smallest absolute Gasteiger partial charge is 0.341 e. The van der Waals surface area contributed by atoms with E-state index in [1.807, 2.05) is 54.6 Å². The summed E-state index contributed by atoms with van der Waals surface area (Å²) in [4.78, 5) is 25.6. The fourth-order valence-corrected chi connectivity index (χ4v) is 3.68. The molecule has 0 spiro atoms. The Morgan fingerprint density at radius 1 is 1.07 bits per heavy atom. The van der Waals surface area contributed by atoms with Gasteiger partial charge in [0, 0.05) is 11.0 Å². The zero-order valence-corrected chi connectivity index (χ0v) is 17.0. The second-order valence-electron chi connectivity index (χ2n) is 6.04. The number of methoxy groups -OCH3 is 1. The van der Waals surface area contributed by atoms with E-state index in [0.29, 0.717) is 10.6 Å². The van der Waals surface area contributed by atoms with E-state index >= 15 is 0 Å². The summed E-state index contributed by atoms with van der Waals surface area (Å²) in [6, 6.07) is 18.8. The molecule has 0 aliphatic heterocycles. The number of esters is 1. The Labute approximate surface area is 173 Å². The Kier molecular flexibility index (Phi) is 6.81. The quantitative estimate of drug-likeness (QED) is 0.429. The molecule has 0 aliphatic rings. The molecule has 1 aromatic heterocycles. The maximum atomic E-state index is 12.4. The second-order valence-corrected chi connectivity index (χ2v) is 7.09. The van der Waals surface area contributed by atoms with Gasteiger partial charge in [0.25, 0.3) is 0 Å². The Balaban J connectivity index is 1.80. The highest BCUT2D eigenvalue weighted by molar-refractivity contribution is 7.20. The van der Waals surface area contributed by atoms with E-state index in [2.05, 4.69) is 5.32 Å². The number of hydrogen-bond acceptors (Lipinski definition) is 5. The first-order valence-electron chi connectivity index (χ1n) is 9.10. The number of ether oxygens (including phenoxy) is 2. The number of nitrogens with one attached hydrogen (secondary N) is 1. The number of carbonyl (C=O) groups is 2. The fourth-order valence-electron chi connectivity index (χ4n) is 2.63. The van der Waals surface area contributed by atoms with Gasteiger partial charge in [0.05, 0.1) is 19.3 Å². The van der Waals surface area contributed by atoms with E-state index in [-0.39, 0.29) is 12.5 Å². The van der Waals surface area contributed by atoms with Crippen molar-refractivity contribution in [2.24, 2.45) is 0 Å². The molecule has 1 heterocycles. The Morgan fingerprint density at radius 3 is 2.45 bits per heavy atom. The summed E-state index contributed by atoms with van der Waals surface area (Å²) >= 11 is 1.34. The monoisotopic (exact) mass is 407 g/mol. The van der Waals surface area contributed by atoms with Crippen LogP contribution in [0, 0.1) is 0 Å². The fraction of sp³-hybridized carbons (Fsp3) is 0.130. The third kappa shape index (κ3) is 5.33. The number of benzene rings is 2. The van der Waals surface area contributed by atoms with Gasteiger partial charge in [-0.1, -0.05) is 42.5 Å². The van der Waals surface area contributed by atoms with Crippen molar-refractivity contribution in [3.05, 3.63) is 77.9 Å². The van der Waals surface area contributed by atoms with E-state index in [1.165, 1.54) is 17.4 Å². The maximum Gasteiger partial charge on any atom is 0.341 e. The summed E-state index contributed by atoms with van der Waals surface area (Å²) < 4.78 is 10.3. The molecule has 1 amide bonds. The molecule has 5 nitrogen and oxygen atoms in total. The number of carbonyl (C=O) groups excluding carboxylic acids is 2. The van der Waals surface area contributed by atoms with Gasteiger partial charge < -0.3 is 14.8 Å². The van der Waals surface area contributed by atoms with Gasteiger partial charge in [-0.25, -0.2) is 4.79 Å². The Bertz CT molecular complexity index is 1010. The van der Waals surface area contributed by atoms with Crippen LogP contribution in [0.15, 0.2) is 66.7 Å². The molecule has 0 aliphatic carbocycles. The van der Waals surface area contributed by atoms with Gasteiger partial charge >= 0.3 is 5.97 Å². The lowest BCUT2D eigenvalue weighted by molar-refractivity contribution is -0.111. The Morgan fingerprint density at radius 2 is 1.79 bits per heavy atom. The van der Waals surface area contributed by atoms with Gasteiger partial charge in [-0.05, 0) is 42.3 Å². The minimum absolute atomic E-state index is 0.264. The van der Waals surface area contributed by atoms with Crippen LogP contribution in [0.25, 0.3) is 16.5 Å². The van der Waals surface area contributed by atoms with E-state index in [9.17, 15) is 9.59 Å². The first-order chi connectivity index (χ1) is 14.1. The van der Waals surface area contributed by atoms with Crippen molar-refractivity contribution in [2.45, 2.75) is 6.92 Å². The lowest BCUT2D eigenvalue weighted by atomic mass is 10.1. The summed E-state index contributed by atoms with van der Waals surface area (Å²) in [6.45, 7) is 2.01. The van der Waals surface area contributed by atoms with Crippen LogP contribution in [0.1, 0.15) is 22.8 Å². The highest BCUT2D eigenvalue weighted by atomic mass is 32.1. The van der Waals surface area contributed by atoms with Crippen LogP contribution >= 0.6 is 11.3 Å². The van der Waals surface area contributed by atoms with E-state index in [4.69, 9.17) is 9.47 Å². The van der Waals surface area contributed by atoms with Crippen molar-refractivity contribution in [3.63, 3.8) is 0 Å². The zero-order chi connectivity index (χ0) is 20.6. The molecular formula is C23H21NO4S. The van der Waals surface area contributed by atoms with Crippen molar-refractivity contribution in [1.29, 1.82) is 0 Å². The normalized spacial score (nSPS) is 10.7. The van der Waals surface area contributed by atoms with Crippen molar-refractivity contribution in [2.75, 3.05) is 19.0 Å². The summed E-state index contributed by atoms with van der Waals surface area (Å²) in [5, 5.41) is 3.26. The van der Waals surface area contributed by atoms with Gasteiger partial charge in [0.1, 0.15) is 10.8 Å². The topological polar surface area (TPSA) is 64.6 Å². The molecule has 0 radical (unpaired) electrons. The standard InChI is InChI=1S/C23H21NO4S/c1-3-28-23(26)19-15-20(17-7-5-4-6-8-17)29-22(19)24-21(25)14-11-16-9-12-18(27-2)13-10-16/h4-15H,3H2,1-2H3,(H,24,25). The predicted molar refractivity (Wildman–Crippen MR) is 116 cm³/mol. The van der Waals surface area contributed by atoms with Crippen LogP contribution in [0.2, 0.25) is 0 Å². The van der Waals surface area contributed by atoms with Crippen molar-refractivity contribution in [3.8, 4) is 16.2 Å². The highest BCUT2D eigenvalue weighted by Gasteiger charge is 2.19. The number of hydrogen-bond donors (Lipinski definition) is 1. The van der Waals surface area contributed by atoms with Crippen LogP contribution < -0.4 is 10.1 Å². The molecule has 0 saturated heterocycles. The molecular weight excluding hydrogens is 386 g/mol. The SMILES string of the molecule is CCOC(=O)c1cc(-c2ccccc2)sc1NC(=O)C=Cc1ccc(OC)cc1. The molecule has 3 aromatic rings. The average molecular weight is 407 g/mol. The van der Waals surface area contributed by atoms with E-state index < -0.39 is 5.97 Å². The molecule has 3 rings (SSSR count). The van der Waals surface area contributed by atoms with Crippen molar-refractivity contribution >= 4 is 34.3 Å². The first-order valence-corrected chi connectivity index (χ1v) is 9.92. The average Bonchev–Trinajstić information content (AvgIpc) is 3.17. The summed E-state index contributed by atoms with van der Waals surface area (Å²) in [5.41, 5.74) is 2.18. The van der Waals surface area contributed by atoms with Crippen LogP contribution in [0.5, 0.6) is 5.75 Å². The van der Waals surface area contributed by atoms with Gasteiger partial charge in [-0.2, -0.15) is 0 Å². The molecule has 148 valence electrons. The minimum Gasteiger partial charge on any atom is -0.497 e. The highest BCUT2D eigenvalue weighted by Crippen LogP contribution is 2.36. The number of anilines is 1. The van der Waals surface area contributed by atoms with Crippen LogP contribution in [0.3, 0.4) is 0 Å². The van der Waals surface area contributed by atoms with E-state index in [0.717, 1.165) is 21.8 Å². The molecule has 2 aromatic carbocycles. The Hall–Kier alpha value is -3.38. The maximum absolute atomic E-state index is 12.4. The molecule has 0 saturated carbocycles. The van der Waals surface area contributed by atoms with Crippen molar-refractivity contribution in [1.82, 2.24) is 0 Å². The third-order valence-electron chi connectivity index (χ3n) is 4.07. The summed E-state index contributed by atoms with van der Waals surface area (Å²) in [6.07, 6.45) is 3.13. The molecule has 0 unspecified atom stereocenters. The second kappa shape index (κ2) is 9.71. The largest absolute Gasteiger partial charge is 0.497 e. The van der Waals surface area contributed by atoms with Crippen LogP contribution in [-0.4, -0.2) is 25.6 Å².